The summed E-state index contributed by atoms with van der Waals surface area (Å²) in [4.78, 5) is 27.6. The zero-order chi connectivity index (χ0) is 19.6. The Morgan fingerprint density at radius 3 is 2.63 bits per heavy atom. The van der Waals surface area contributed by atoms with Gasteiger partial charge in [-0.25, -0.2) is 9.80 Å². The summed E-state index contributed by atoms with van der Waals surface area (Å²) in [5, 5.41) is 15.5. The molecule has 142 valence electrons. The molecule has 0 unspecified atom stereocenters. The van der Waals surface area contributed by atoms with Crippen LogP contribution < -0.4 is 0 Å². The van der Waals surface area contributed by atoms with E-state index in [0.717, 1.165) is 11.3 Å². The molecule has 1 amide bonds. The van der Waals surface area contributed by atoms with Crippen LogP contribution in [-0.2, 0) is 9.53 Å². The number of aromatic amines is 1. The molecule has 27 heavy (non-hydrogen) atoms. The SMILES string of the molecule is Cc1[nH]c(C(=O)OCC(=O)N2CCC(c3ccccc3)=N2)c(C)c1[C@H](C)O. The van der Waals surface area contributed by atoms with E-state index in [1.54, 1.807) is 20.8 Å². The average Bonchev–Trinajstić information content (AvgIpc) is 3.25. The van der Waals surface area contributed by atoms with Crippen LogP contribution in [-0.4, -0.2) is 45.8 Å². The Morgan fingerprint density at radius 2 is 2.00 bits per heavy atom. The maximum Gasteiger partial charge on any atom is 0.355 e. The van der Waals surface area contributed by atoms with Gasteiger partial charge in [0.1, 0.15) is 5.69 Å². The maximum atomic E-state index is 12.3. The van der Waals surface area contributed by atoms with Crippen LogP contribution in [0.2, 0.25) is 0 Å². The van der Waals surface area contributed by atoms with Crippen LogP contribution >= 0.6 is 0 Å². The Labute approximate surface area is 157 Å². The highest BCUT2D eigenvalue weighted by molar-refractivity contribution is 6.02. The van der Waals surface area contributed by atoms with E-state index in [0.29, 0.717) is 29.8 Å². The van der Waals surface area contributed by atoms with Crippen molar-refractivity contribution in [1.82, 2.24) is 9.99 Å². The normalized spacial score (nSPS) is 14.8. The number of hydrazone groups is 1. The first-order valence-corrected chi connectivity index (χ1v) is 8.86. The van der Waals surface area contributed by atoms with Gasteiger partial charge in [-0.2, -0.15) is 5.10 Å². The Bertz CT molecular complexity index is 884. The molecule has 7 heteroatoms. The number of H-pyrrole nitrogens is 1. The van der Waals surface area contributed by atoms with Crippen LogP contribution in [0.3, 0.4) is 0 Å². The smallest absolute Gasteiger partial charge is 0.355 e. The average molecular weight is 369 g/mol. The first-order chi connectivity index (χ1) is 12.9. The number of hydrogen-bond donors (Lipinski definition) is 2. The third-order valence-electron chi connectivity index (χ3n) is 4.64. The number of amides is 1. The van der Waals surface area contributed by atoms with Gasteiger partial charge in [0.15, 0.2) is 6.61 Å². The second kappa shape index (κ2) is 7.75. The summed E-state index contributed by atoms with van der Waals surface area (Å²) in [5.41, 5.74) is 4.08. The van der Waals surface area contributed by atoms with E-state index < -0.39 is 12.1 Å². The van der Waals surface area contributed by atoms with Gasteiger partial charge in [-0.15, -0.1) is 0 Å². The van der Waals surface area contributed by atoms with E-state index in [2.05, 4.69) is 10.1 Å². The van der Waals surface area contributed by atoms with E-state index in [9.17, 15) is 14.7 Å². The lowest BCUT2D eigenvalue weighted by Crippen LogP contribution is -2.29. The molecule has 1 aromatic carbocycles. The van der Waals surface area contributed by atoms with Gasteiger partial charge in [0, 0.05) is 17.7 Å². The number of hydrogen-bond acceptors (Lipinski definition) is 5. The van der Waals surface area contributed by atoms with Gasteiger partial charge < -0.3 is 14.8 Å². The molecule has 7 nitrogen and oxygen atoms in total. The fraction of sp³-hybridized carbons (Fsp3) is 0.350. The minimum Gasteiger partial charge on any atom is -0.451 e. The lowest BCUT2D eigenvalue weighted by atomic mass is 10.1. The fourth-order valence-electron chi connectivity index (χ4n) is 3.34. The summed E-state index contributed by atoms with van der Waals surface area (Å²) in [5.74, 6) is -0.992. The van der Waals surface area contributed by atoms with E-state index in [-0.39, 0.29) is 18.2 Å². The highest BCUT2D eigenvalue weighted by Crippen LogP contribution is 2.25. The number of aliphatic hydroxyl groups excluding tert-OH is 1. The van der Waals surface area contributed by atoms with Crippen molar-refractivity contribution < 1.29 is 19.4 Å². The van der Waals surface area contributed by atoms with Gasteiger partial charge in [-0.05, 0) is 31.9 Å². The van der Waals surface area contributed by atoms with Crippen LogP contribution in [0, 0.1) is 13.8 Å². The summed E-state index contributed by atoms with van der Waals surface area (Å²) < 4.78 is 5.16. The molecule has 2 N–H and O–H groups in total. The van der Waals surface area contributed by atoms with Gasteiger partial charge in [0.2, 0.25) is 0 Å². The van der Waals surface area contributed by atoms with E-state index >= 15 is 0 Å². The summed E-state index contributed by atoms with van der Waals surface area (Å²) in [6.45, 7) is 5.23. The molecule has 0 radical (unpaired) electrons. The number of ether oxygens (including phenoxy) is 1. The molecule has 2 heterocycles. The number of benzene rings is 1. The van der Waals surface area contributed by atoms with Crippen molar-refractivity contribution in [1.29, 1.82) is 0 Å². The number of aryl methyl sites for hydroxylation is 1. The van der Waals surface area contributed by atoms with Crippen LogP contribution in [0.25, 0.3) is 0 Å². The topological polar surface area (TPSA) is 95.0 Å². The molecule has 1 aliphatic heterocycles. The zero-order valence-corrected chi connectivity index (χ0v) is 15.7. The molecular formula is C20H23N3O4. The third-order valence-corrected chi connectivity index (χ3v) is 4.64. The predicted molar refractivity (Wildman–Crippen MR) is 100 cm³/mol. The number of aromatic nitrogens is 1. The molecular weight excluding hydrogens is 346 g/mol. The number of aliphatic hydroxyl groups is 1. The summed E-state index contributed by atoms with van der Waals surface area (Å²) >= 11 is 0. The van der Waals surface area contributed by atoms with E-state index in [4.69, 9.17) is 4.74 Å². The van der Waals surface area contributed by atoms with Gasteiger partial charge in [-0.3, -0.25) is 4.79 Å². The molecule has 3 rings (SSSR count). The summed E-state index contributed by atoms with van der Waals surface area (Å²) in [6.07, 6.45) is -0.0316. The number of carbonyl (C=O) groups is 2. The number of nitrogens with zero attached hydrogens (tertiary/aromatic N) is 2. The van der Waals surface area contributed by atoms with Crippen molar-refractivity contribution in [3.8, 4) is 0 Å². The molecule has 1 aliphatic rings. The molecule has 1 atom stereocenters. The van der Waals surface area contributed by atoms with Crippen molar-refractivity contribution in [3.63, 3.8) is 0 Å². The van der Waals surface area contributed by atoms with E-state index in [1.807, 2.05) is 30.3 Å². The van der Waals surface area contributed by atoms with Crippen molar-refractivity contribution >= 4 is 17.6 Å². The monoisotopic (exact) mass is 369 g/mol. The molecule has 0 fully saturated rings. The van der Waals surface area contributed by atoms with Gasteiger partial charge >= 0.3 is 5.97 Å². The second-order valence-corrected chi connectivity index (χ2v) is 6.60. The molecule has 0 aliphatic carbocycles. The Morgan fingerprint density at radius 1 is 1.30 bits per heavy atom. The lowest BCUT2D eigenvalue weighted by molar-refractivity contribution is -0.134. The standard InChI is InChI=1S/C20H23N3O4/c1-12-18(14(3)24)13(2)21-19(12)20(26)27-11-17(25)23-10-9-16(22-23)15-7-5-4-6-8-15/h4-8,14,21,24H,9-11H2,1-3H3/t14-/m0/s1. The third kappa shape index (κ3) is 3.93. The van der Waals surface area contributed by atoms with Crippen LogP contribution in [0.1, 0.15) is 52.3 Å². The number of nitrogens with one attached hydrogen (secondary N) is 1. The largest absolute Gasteiger partial charge is 0.451 e. The lowest BCUT2D eigenvalue weighted by Gasteiger charge is -2.11. The summed E-state index contributed by atoms with van der Waals surface area (Å²) in [7, 11) is 0. The Balaban J connectivity index is 1.62. The molecule has 1 aromatic heterocycles. The van der Waals surface area contributed by atoms with Crippen molar-refractivity contribution in [2.75, 3.05) is 13.2 Å². The van der Waals surface area contributed by atoms with Crippen LogP contribution in [0.5, 0.6) is 0 Å². The molecule has 0 saturated carbocycles. The fourth-order valence-corrected chi connectivity index (χ4v) is 3.34. The Hall–Kier alpha value is -2.93. The predicted octanol–water partition coefficient (Wildman–Crippen LogP) is 2.48. The number of carbonyl (C=O) groups excluding carboxylic acids is 2. The van der Waals surface area contributed by atoms with Crippen molar-refractivity contribution in [2.24, 2.45) is 5.10 Å². The minimum absolute atomic E-state index is 0.256. The van der Waals surface area contributed by atoms with Crippen molar-refractivity contribution in [3.05, 3.63) is 58.4 Å². The summed E-state index contributed by atoms with van der Waals surface area (Å²) in [6, 6.07) is 9.67. The van der Waals surface area contributed by atoms with Crippen LogP contribution in [0.4, 0.5) is 0 Å². The van der Waals surface area contributed by atoms with Gasteiger partial charge in [0.25, 0.3) is 5.91 Å². The molecule has 0 spiro atoms. The molecule has 0 bridgehead atoms. The number of rotatable bonds is 5. The minimum atomic E-state index is -0.695. The van der Waals surface area contributed by atoms with E-state index in [1.165, 1.54) is 5.01 Å². The van der Waals surface area contributed by atoms with Gasteiger partial charge in [-0.1, -0.05) is 30.3 Å². The first-order valence-electron chi connectivity index (χ1n) is 8.86. The first kappa shape index (κ1) is 18.8. The van der Waals surface area contributed by atoms with Gasteiger partial charge in [0.05, 0.1) is 18.4 Å². The highest BCUT2D eigenvalue weighted by Gasteiger charge is 2.25. The van der Waals surface area contributed by atoms with Crippen LogP contribution in [0.15, 0.2) is 35.4 Å². The maximum absolute atomic E-state index is 12.3. The highest BCUT2D eigenvalue weighted by atomic mass is 16.5. The second-order valence-electron chi connectivity index (χ2n) is 6.60. The molecule has 0 saturated heterocycles. The van der Waals surface area contributed by atoms with Crippen molar-refractivity contribution in [2.45, 2.75) is 33.3 Å². The zero-order valence-electron chi connectivity index (χ0n) is 15.7. The quantitative estimate of drug-likeness (QED) is 0.792. The molecule has 2 aromatic rings. The number of esters is 1. The Kier molecular flexibility index (Phi) is 5.41.